The molecule has 1 fully saturated rings. The quantitative estimate of drug-likeness (QED) is 0.404. The Hall–Kier alpha value is -3.78. The summed E-state index contributed by atoms with van der Waals surface area (Å²) < 4.78 is 16.4. The van der Waals surface area contributed by atoms with Crippen LogP contribution in [0, 0.1) is 12.7 Å². The predicted octanol–water partition coefficient (Wildman–Crippen LogP) is 5.15. The Morgan fingerprint density at radius 1 is 1.24 bits per heavy atom. The zero-order valence-electron chi connectivity index (χ0n) is 21.4. The first kappa shape index (κ1) is 26.3. The molecule has 0 spiro atoms. The number of carbonyl (C=O) groups is 1. The molecule has 0 bridgehead atoms. The van der Waals surface area contributed by atoms with Gasteiger partial charge in [0.1, 0.15) is 10.8 Å². The SMILES string of the molecule is C/C=C/N=C(/C=C/n1c(C)cc(C2CC2c2ccc(F)cc2)c(Cl)c1=O)c1cnc(C(=O)N(C)C)n1C. The largest absolute Gasteiger partial charge is 0.342 e. The molecule has 1 aliphatic carbocycles. The Labute approximate surface area is 220 Å². The maximum absolute atomic E-state index is 13.3. The van der Waals surface area contributed by atoms with E-state index in [4.69, 9.17) is 11.6 Å². The monoisotopic (exact) mass is 521 g/mol. The predicted molar refractivity (Wildman–Crippen MR) is 145 cm³/mol. The lowest BCUT2D eigenvalue weighted by molar-refractivity contribution is 0.0812. The van der Waals surface area contributed by atoms with E-state index >= 15 is 0 Å². The smallest absolute Gasteiger partial charge is 0.289 e. The van der Waals surface area contributed by atoms with Crippen molar-refractivity contribution < 1.29 is 9.18 Å². The molecule has 2 heterocycles. The molecule has 1 aliphatic rings. The van der Waals surface area contributed by atoms with Gasteiger partial charge in [-0.15, -0.1) is 0 Å². The topological polar surface area (TPSA) is 72.5 Å². The molecule has 1 amide bonds. The summed E-state index contributed by atoms with van der Waals surface area (Å²) in [5, 5.41) is 0.177. The van der Waals surface area contributed by atoms with Gasteiger partial charge in [-0.3, -0.25) is 19.1 Å². The third kappa shape index (κ3) is 5.34. The van der Waals surface area contributed by atoms with E-state index < -0.39 is 0 Å². The van der Waals surface area contributed by atoms with Gasteiger partial charge in [-0.1, -0.05) is 29.8 Å². The van der Waals surface area contributed by atoms with Gasteiger partial charge >= 0.3 is 0 Å². The van der Waals surface area contributed by atoms with Crippen LogP contribution in [0.25, 0.3) is 6.20 Å². The fourth-order valence-electron chi connectivity index (χ4n) is 4.36. The summed E-state index contributed by atoms with van der Waals surface area (Å²) in [6, 6.07) is 8.41. The van der Waals surface area contributed by atoms with Crippen LogP contribution < -0.4 is 5.56 Å². The first-order valence-electron chi connectivity index (χ1n) is 11.9. The van der Waals surface area contributed by atoms with E-state index in [9.17, 15) is 14.0 Å². The number of aromatic nitrogens is 3. The number of nitrogens with zero attached hydrogens (tertiary/aromatic N) is 5. The van der Waals surface area contributed by atoms with Crippen molar-refractivity contribution in [3.8, 4) is 0 Å². The number of halogens is 2. The van der Waals surface area contributed by atoms with Crippen molar-refractivity contribution in [2.75, 3.05) is 14.1 Å². The normalized spacial score (nSPS) is 17.6. The number of pyridine rings is 1. The Morgan fingerprint density at radius 3 is 2.59 bits per heavy atom. The average molecular weight is 522 g/mol. The van der Waals surface area contributed by atoms with Gasteiger partial charge in [-0.2, -0.15) is 0 Å². The first-order valence-corrected chi connectivity index (χ1v) is 12.3. The molecule has 2 unspecified atom stereocenters. The van der Waals surface area contributed by atoms with E-state index in [-0.39, 0.29) is 40.0 Å². The Balaban J connectivity index is 1.65. The molecule has 192 valence electrons. The minimum absolute atomic E-state index is 0.122. The molecular weight excluding hydrogens is 493 g/mol. The summed E-state index contributed by atoms with van der Waals surface area (Å²) in [5.74, 6) is 0.121. The molecule has 0 N–H and O–H groups in total. The molecule has 1 aromatic carbocycles. The molecule has 0 radical (unpaired) electrons. The van der Waals surface area contributed by atoms with E-state index in [1.54, 1.807) is 68.6 Å². The molecular formula is C28H29ClFN5O2. The standard InChI is InChI=1S/C28H29ClFN5O2/c1-6-12-31-23(24-16-32-26(34(24)5)28(37)33(3)4)11-13-35-17(2)14-22(25(29)27(35)36)21-15-20(21)18-7-9-19(30)10-8-18/h6-14,16,20-21H,15H2,1-5H3/b12-6+,13-11+,31-23-. The van der Waals surface area contributed by atoms with Gasteiger partial charge in [0.15, 0.2) is 5.82 Å². The van der Waals surface area contributed by atoms with Crippen molar-refractivity contribution in [3.05, 3.63) is 104 Å². The van der Waals surface area contributed by atoms with Crippen molar-refractivity contribution in [3.63, 3.8) is 0 Å². The maximum atomic E-state index is 13.3. The third-order valence-electron chi connectivity index (χ3n) is 6.48. The van der Waals surface area contributed by atoms with Crippen LogP contribution in [-0.4, -0.2) is 44.7 Å². The summed E-state index contributed by atoms with van der Waals surface area (Å²) in [6.45, 7) is 3.70. The maximum Gasteiger partial charge on any atom is 0.289 e. The number of aryl methyl sites for hydroxylation is 1. The molecule has 1 saturated carbocycles. The lowest BCUT2D eigenvalue weighted by Gasteiger charge is -2.12. The Bertz CT molecular complexity index is 1480. The van der Waals surface area contributed by atoms with Crippen LogP contribution in [0.5, 0.6) is 0 Å². The number of aliphatic imine (C=N–C) groups is 1. The van der Waals surface area contributed by atoms with Crippen LogP contribution in [0.1, 0.15) is 58.3 Å². The van der Waals surface area contributed by atoms with Gasteiger partial charge in [0.2, 0.25) is 0 Å². The molecule has 2 aromatic heterocycles. The highest BCUT2D eigenvalue weighted by Crippen LogP contribution is 2.55. The molecule has 3 aromatic rings. The van der Waals surface area contributed by atoms with Crippen LogP contribution in [0.2, 0.25) is 5.02 Å². The molecule has 0 aliphatic heterocycles. The Kier molecular flexibility index (Phi) is 7.59. The van der Waals surface area contributed by atoms with Gasteiger partial charge < -0.3 is 9.47 Å². The third-order valence-corrected chi connectivity index (χ3v) is 6.86. The highest BCUT2D eigenvalue weighted by molar-refractivity contribution is 6.31. The fraction of sp³-hybridized carbons (Fsp3) is 0.286. The molecule has 0 saturated heterocycles. The van der Waals surface area contributed by atoms with Crippen LogP contribution >= 0.6 is 11.6 Å². The number of carbonyl (C=O) groups excluding carboxylic acids is 1. The van der Waals surface area contributed by atoms with Crippen molar-refractivity contribution >= 4 is 29.4 Å². The highest BCUT2D eigenvalue weighted by atomic mass is 35.5. The van der Waals surface area contributed by atoms with Gasteiger partial charge in [0.05, 0.1) is 17.6 Å². The molecule has 2 atom stereocenters. The van der Waals surface area contributed by atoms with Gasteiger partial charge in [0.25, 0.3) is 11.5 Å². The second-order valence-electron chi connectivity index (χ2n) is 9.27. The van der Waals surface area contributed by atoms with E-state index in [1.165, 1.54) is 21.6 Å². The number of hydrogen-bond acceptors (Lipinski definition) is 4. The van der Waals surface area contributed by atoms with E-state index in [0.717, 1.165) is 23.2 Å². The van der Waals surface area contributed by atoms with Gasteiger partial charge in [-0.05, 0) is 67.5 Å². The van der Waals surface area contributed by atoms with Crippen molar-refractivity contribution in [1.29, 1.82) is 0 Å². The van der Waals surface area contributed by atoms with Crippen LogP contribution in [0.15, 0.2) is 64.7 Å². The summed E-state index contributed by atoms with van der Waals surface area (Å²) in [7, 11) is 5.07. The zero-order valence-corrected chi connectivity index (χ0v) is 22.2. The second-order valence-corrected chi connectivity index (χ2v) is 9.65. The number of allylic oxidation sites excluding steroid dienone is 2. The lowest BCUT2D eigenvalue weighted by Crippen LogP contribution is -2.25. The Morgan fingerprint density at radius 2 is 1.95 bits per heavy atom. The number of amides is 1. The zero-order chi connectivity index (χ0) is 26.9. The summed E-state index contributed by atoms with van der Waals surface area (Å²) >= 11 is 6.57. The van der Waals surface area contributed by atoms with Crippen LogP contribution in [-0.2, 0) is 7.05 Å². The van der Waals surface area contributed by atoms with Crippen molar-refractivity contribution in [1.82, 2.24) is 19.0 Å². The number of imidazole rings is 1. The average Bonchev–Trinajstić information content (AvgIpc) is 3.57. The van der Waals surface area contributed by atoms with Crippen LogP contribution in [0.3, 0.4) is 0 Å². The number of rotatable bonds is 7. The second kappa shape index (κ2) is 10.7. The lowest BCUT2D eigenvalue weighted by atomic mass is 10.0. The molecule has 37 heavy (non-hydrogen) atoms. The van der Waals surface area contributed by atoms with E-state index in [2.05, 4.69) is 9.98 Å². The number of benzene rings is 1. The summed E-state index contributed by atoms with van der Waals surface area (Å²) in [5.41, 5.74) is 3.40. The molecule has 7 nitrogen and oxygen atoms in total. The fourth-order valence-corrected chi connectivity index (χ4v) is 4.65. The van der Waals surface area contributed by atoms with Gasteiger partial charge in [-0.25, -0.2) is 9.37 Å². The first-order chi connectivity index (χ1) is 17.6. The highest BCUT2D eigenvalue weighted by Gasteiger charge is 2.41. The minimum Gasteiger partial charge on any atom is -0.342 e. The molecule has 4 rings (SSSR count). The van der Waals surface area contributed by atoms with E-state index in [0.29, 0.717) is 11.4 Å². The van der Waals surface area contributed by atoms with E-state index in [1.807, 2.05) is 19.9 Å². The summed E-state index contributed by atoms with van der Waals surface area (Å²) in [6.07, 6.45) is 9.18. The van der Waals surface area contributed by atoms with Crippen molar-refractivity contribution in [2.24, 2.45) is 12.0 Å². The van der Waals surface area contributed by atoms with Gasteiger partial charge in [0, 0.05) is 39.2 Å². The summed E-state index contributed by atoms with van der Waals surface area (Å²) in [4.78, 5) is 35.9. The van der Waals surface area contributed by atoms with Crippen molar-refractivity contribution in [2.45, 2.75) is 32.1 Å². The number of hydrogen-bond donors (Lipinski definition) is 0. The van der Waals surface area contributed by atoms with Crippen LogP contribution in [0.4, 0.5) is 4.39 Å². The molecule has 9 heteroatoms. The minimum atomic E-state index is -0.323.